The molecule has 2 aromatic rings. The number of nitrogens with one attached hydrogen (secondary N) is 1. The molecule has 32 heavy (non-hydrogen) atoms. The van der Waals surface area contributed by atoms with Crippen molar-refractivity contribution in [3.8, 4) is 11.5 Å². The minimum atomic E-state index is -0.910. The van der Waals surface area contributed by atoms with Crippen LogP contribution in [-0.4, -0.2) is 58.2 Å². The molecule has 0 aromatic heterocycles. The standard InChI is InChI=1S/C24H28ClN3O4/c1-24(2,31)10-9-16(23(29)30)19-14-28(12-11-26-19)22-17-5-3-4-6-20(17)32-21-8-7-15(25)13-18(21)27-22/h3-8,13,16,19,26,31H,9-12,14H2,1-2H3,(H,29,30). The lowest BCUT2D eigenvalue weighted by Crippen LogP contribution is -2.57. The SMILES string of the molecule is CC(C)(O)CCC(C(=O)O)C1CN(C2=Nc3cc(Cl)ccc3Oc3ccccc32)CCN1. The van der Waals surface area contributed by atoms with Crippen LogP contribution in [0.4, 0.5) is 5.69 Å². The molecule has 1 fully saturated rings. The summed E-state index contributed by atoms with van der Waals surface area (Å²) < 4.78 is 6.13. The minimum Gasteiger partial charge on any atom is -0.481 e. The molecule has 4 rings (SSSR count). The molecule has 2 heterocycles. The van der Waals surface area contributed by atoms with Gasteiger partial charge in [-0.3, -0.25) is 4.79 Å². The van der Waals surface area contributed by atoms with Crippen LogP contribution in [0.5, 0.6) is 11.5 Å². The van der Waals surface area contributed by atoms with Crippen molar-refractivity contribution in [2.24, 2.45) is 10.9 Å². The average molecular weight is 458 g/mol. The Kier molecular flexibility index (Phi) is 6.42. The number of carboxylic acid groups (broad SMARTS) is 1. The van der Waals surface area contributed by atoms with Gasteiger partial charge in [0.1, 0.15) is 17.3 Å². The summed E-state index contributed by atoms with van der Waals surface area (Å²) in [6, 6.07) is 12.8. The van der Waals surface area contributed by atoms with Gasteiger partial charge in [-0.15, -0.1) is 0 Å². The summed E-state index contributed by atoms with van der Waals surface area (Å²) in [6.45, 7) is 5.18. The van der Waals surface area contributed by atoms with Gasteiger partial charge in [0.05, 0.1) is 17.1 Å². The van der Waals surface area contributed by atoms with E-state index in [1.165, 1.54) is 0 Å². The number of fused-ring (bicyclic) bond motifs is 2. The Bertz CT molecular complexity index is 1030. The van der Waals surface area contributed by atoms with Gasteiger partial charge in [0, 0.05) is 30.7 Å². The van der Waals surface area contributed by atoms with E-state index in [0.29, 0.717) is 54.7 Å². The lowest BCUT2D eigenvalue weighted by atomic mass is 9.88. The molecule has 0 bridgehead atoms. The second-order valence-electron chi connectivity index (χ2n) is 8.95. The van der Waals surface area contributed by atoms with Crippen LogP contribution in [0, 0.1) is 5.92 Å². The zero-order valence-corrected chi connectivity index (χ0v) is 19.0. The summed E-state index contributed by atoms with van der Waals surface area (Å²) in [5.41, 5.74) is 0.576. The molecule has 0 aliphatic carbocycles. The first-order valence-electron chi connectivity index (χ1n) is 10.8. The van der Waals surface area contributed by atoms with Crippen molar-refractivity contribution >= 4 is 29.1 Å². The van der Waals surface area contributed by atoms with E-state index in [9.17, 15) is 15.0 Å². The van der Waals surface area contributed by atoms with E-state index in [0.717, 1.165) is 11.4 Å². The molecule has 2 atom stereocenters. The number of para-hydroxylation sites is 1. The molecule has 2 unspecified atom stereocenters. The zero-order valence-electron chi connectivity index (χ0n) is 18.2. The average Bonchev–Trinajstić information content (AvgIpc) is 2.89. The van der Waals surface area contributed by atoms with Crippen LogP contribution in [0.1, 0.15) is 32.3 Å². The number of hydrogen-bond donors (Lipinski definition) is 3. The number of ether oxygens (including phenoxy) is 1. The van der Waals surface area contributed by atoms with Crippen LogP contribution >= 0.6 is 11.6 Å². The third kappa shape index (κ3) is 5.06. The first-order chi connectivity index (χ1) is 15.2. The van der Waals surface area contributed by atoms with Crippen LogP contribution in [0.2, 0.25) is 5.02 Å². The molecule has 0 spiro atoms. The summed E-state index contributed by atoms with van der Waals surface area (Å²) in [4.78, 5) is 19.1. The maximum atomic E-state index is 12.0. The summed E-state index contributed by atoms with van der Waals surface area (Å²) in [5, 5.41) is 23.9. The van der Waals surface area contributed by atoms with Crippen molar-refractivity contribution in [1.29, 1.82) is 0 Å². The number of carboxylic acids is 1. The number of halogens is 1. The van der Waals surface area contributed by atoms with Crippen LogP contribution in [0.25, 0.3) is 0 Å². The number of carbonyl (C=O) groups is 1. The van der Waals surface area contributed by atoms with Crippen molar-refractivity contribution in [3.63, 3.8) is 0 Å². The van der Waals surface area contributed by atoms with E-state index < -0.39 is 17.5 Å². The molecule has 0 amide bonds. The largest absolute Gasteiger partial charge is 0.481 e. The van der Waals surface area contributed by atoms with Gasteiger partial charge < -0.3 is 25.2 Å². The molecular formula is C24H28ClN3O4. The molecule has 3 N–H and O–H groups in total. The molecule has 7 nitrogen and oxygen atoms in total. The summed E-state index contributed by atoms with van der Waals surface area (Å²) in [7, 11) is 0. The fourth-order valence-electron chi connectivity index (χ4n) is 4.18. The number of hydrogen-bond acceptors (Lipinski definition) is 6. The molecule has 170 valence electrons. The molecule has 0 saturated carbocycles. The van der Waals surface area contributed by atoms with Crippen molar-refractivity contribution in [2.75, 3.05) is 19.6 Å². The molecule has 2 aliphatic rings. The Morgan fingerprint density at radius 3 is 2.84 bits per heavy atom. The van der Waals surface area contributed by atoms with Gasteiger partial charge in [-0.05, 0) is 57.0 Å². The van der Waals surface area contributed by atoms with Gasteiger partial charge in [-0.2, -0.15) is 0 Å². The highest BCUT2D eigenvalue weighted by Gasteiger charge is 2.35. The highest BCUT2D eigenvalue weighted by Crippen LogP contribution is 2.39. The third-order valence-electron chi connectivity index (χ3n) is 5.87. The second kappa shape index (κ2) is 9.10. The van der Waals surface area contributed by atoms with E-state index >= 15 is 0 Å². The Hall–Kier alpha value is -2.61. The quantitative estimate of drug-likeness (QED) is 0.627. The highest BCUT2D eigenvalue weighted by molar-refractivity contribution is 6.31. The fraction of sp³-hybridized carbons (Fsp3) is 0.417. The number of benzene rings is 2. The second-order valence-corrected chi connectivity index (χ2v) is 9.38. The molecular weight excluding hydrogens is 430 g/mol. The lowest BCUT2D eigenvalue weighted by Gasteiger charge is -2.38. The molecule has 0 radical (unpaired) electrons. The monoisotopic (exact) mass is 457 g/mol. The Morgan fingerprint density at radius 2 is 2.09 bits per heavy atom. The Morgan fingerprint density at radius 1 is 1.31 bits per heavy atom. The topological polar surface area (TPSA) is 94.4 Å². The molecule has 2 aliphatic heterocycles. The normalized spacial score (nSPS) is 19.2. The fourth-order valence-corrected chi connectivity index (χ4v) is 4.35. The minimum absolute atomic E-state index is 0.276. The van der Waals surface area contributed by atoms with Gasteiger partial charge in [-0.1, -0.05) is 23.7 Å². The zero-order chi connectivity index (χ0) is 22.9. The van der Waals surface area contributed by atoms with Crippen LogP contribution in [-0.2, 0) is 4.79 Å². The van der Waals surface area contributed by atoms with Gasteiger partial charge in [-0.25, -0.2) is 4.99 Å². The number of rotatable bonds is 5. The summed E-state index contributed by atoms with van der Waals surface area (Å²) in [6.07, 6.45) is 0.792. The van der Waals surface area contributed by atoms with E-state index in [4.69, 9.17) is 21.3 Å². The smallest absolute Gasteiger partial charge is 0.308 e. The van der Waals surface area contributed by atoms with Gasteiger partial charge in [0.25, 0.3) is 0 Å². The van der Waals surface area contributed by atoms with E-state index in [2.05, 4.69) is 10.2 Å². The van der Waals surface area contributed by atoms with E-state index in [1.807, 2.05) is 24.3 Å². The first kappa shape index (κ1) is 22.6. The van der Waals surface area contributed by atoms with Gasteiger partial charge in [0.15, 0.2) is 5.75 Å². The maximum absolute atomic E-state index is 12.0. The van der Waals surface area contributed by atoms with Crippen molar-refractivity contribution in [1.82, 2.24) is 10.2 Å². The molecule has 2 aromatic carbocycles. The number of nitrogens with zero attached hydrogens (tertiary/aromatic N) is 2. The predicted octanol–water partition coefficient (Wildman–Crippen LogP) is 4.05. The van der Waals surface area contributed by atoms with E-state index in [-0.39, 0.29) is 6.04 Å². The van der Waals surface area contributed by atoms with Crippen molar-refractivity contribution in [2.45, 2.75) is 38.3 Å². The van der Waals surface area contributed by atoms with E-state index in [1.54, 1.807) is 32.0 Å². The number of amidine groups is 1. The number of piperazine rings is 1. The van der Waals surface area contributed by atoms with Crippen molar-refractivity contribution in [3.05, 3.63) is 53.1 Å². The summed E-state index contributed by atoms with van der Waals surface area (Å²) >= 11 is 6.21. The first-order valence-corrected chi connectivity index (χ1v) is 11.2. The summed E-state index contributed by atoms with van der Waals surface area (Å²) in [5.74, 6) is 0.567. The number of aliphatic imine (C=N–C) groups is 1. The molecule has 1 saturated heterocycles. The van der Waals surface area contributed by atoms with Crippen molar-refractivity contribution < 1.29 is 19.7 Å². The van der Waals surface area contributed by atoms with Gasteiger partial charge >= 0.3 is 5.97 Å². The number of aliphatic hydroxyl groups is 1. The highest BCUT2D eigenvalue weighted by atomic mass is 35.5. The lowest BCUT2D eigenvalue weighted by molar-refractivity contribution is -0.143. The Labute approximate surface area is 192 Å². The van der Waals surface area contributed by atoms with Crippen LogP contribution in [0.15, 0.2) is 47.5 Å². The predicted molar refractivity (Wildman–Crippen MR) is 124 cm³/mol. The van der Waals surface area contributed by atoms with Gasteiger partial charge in [0.2, 0.25) is 0 Å². The Balaban J connectivity index is 1.66. The van der Waals surface area contributed by atoms with Crippen LogP contribution < -0.4 is 10.1 Å². The maximum Gasteiger partial charge on any atom is 0.308 e. The molecule has 8 heteroatoms. The third-order valence-corrected chi connectivity index (χ3v) is 6.11. The van der Waals surface area contributed by atoms with Crippen LogP contribution in [0.3, 0.4) is 0 Å². The number of aliphatic carboxylic acids is 1.